The quantitative estimate of drug-likeness (QED) is 0.453. The van der Waals surface area contributed by atoms with Crippen LogP contribution in [0.2, 0.25) is 5.02 Å². The maximum atomic E-state index is 6.08. The first-order chi connectivity index (χ1) is 13.1. The van der Waals surface area contributed by atoms with Crippen molar-refractivity contribution >= 4 is 17.2 Å². The van der Waals surface area contributed by atoms with Gasteiger partial charge in [-0.15, -0.1) is 0 Å². The Morgan fingerprint density at radius 2 is 1.67 bits per heavy atom. The number of imidazole rings is 1. The molecular formula is C23H22ClN3. The van der Waals surface area contributed by atoms with Crippen molar-refractivity contribution in [2.45, 2.75) is 20.0 Å². The van der Waals surface area contributed by atoms with Gasteiger partial charge in [0.15, 0.2) is 0 Å². The molecule has 0 amide bonds. The van der Waals surface area contributed by atoms with Gasteiger partial charge in [0.1, 0.15) is 5.65 Å². The molecule has 0 N–H and O–H groups in total. The van der Waals surface area contributed by atoms with E-state index in [1.807, 2.05) is 24.3 Å². The Morgan fingerprint density at radius 3 is 2.41 bits per heavy atom. The molecule has 0 spiro atoms. The molecular weight excluding hydrogens is 354 g/mol. The zero-order valence-corrected chi connectivity index (χ0v) is 16.3. The molecule has 2 heterocycles. The van der Waals surface area contributed by atoms with Crippen LogP contribution in [0.4, 0.5) is 0 Å². The Bertz CT molecular complexity index is 1050. The van der Waals surface area contributed by atoms with Crippen LogP contribution < -0.4 is 0 Å². The molecule has 3 nitrogen and oxygen atoms in total. The second-order valence-corrected chi connectivity index (χ2v) is 7.44. The van der Waals surface area contributed by atoms with E-state index >= 15 is 0 Å². The number of hydrogen-bond acceptors (Lipinski definition) is 2. The van der Waals surface area contributed by atoms with Gasteiger partial charge in [-0.3, -0.25) is 4.90 Å². The summed E-state index contributed by atoms with van der Waals surface area (Å²) in [6, 6.07) is 22.6. The first kappa shape index (κ1) is 17.8. The Balaban J connectivity index is 1.73. The monoisotopic (exact) mass is 375 g/mol. The zero-order valence-electron chi connectivity index (χ0n) is 15.6. The second-order valence-electron chi connectivity index (χ2n) is 7.01. The first-order valence-corrected chi connectivity index (χ1v) is 9.44. The maximum absolute atomic E-state index is 6.08. The number of nitrogens with zero attached hydrogens (tertiary/aromatic N) is 3. The van der Waals surface area contributed by atoms with Crippen molar-refractivity contribution in [3.05, 3.63) is 94.8 Å². The summed E-state index contributed by atoms with van der Waals surface area (Å²) in [6.45, 7) is 3.80. The van der Waals surface area contributed by atoms with E-state index < -0.39 is 0 Å². The van der Waals surface area contributed by atoms with Crippen LogP contribution in [0.5, 0.6) is 0 Å². The van der Waals surface area contributed by atoms with E-state index in [4.69, 9.17) is 16.6 Å². The molecule has 0 aliphatic carbocycles. The Labute approximate surface area is 164 Å². The molecule has 4 rings (SSSR count). The van der Waals surface area contributed by atoms with Gasteiger partial charge in [0.05, 0.1) is 11.4 Å². The number of benzene rings is 2. The molecule has 2 aromatic heterocycles. The van der Waals surface area contributed by atoms with Crippen molar-refractivity contribution in [3.63, 3.8) is 0 Å². The molecule has 0 saturated carbocycles. The smallest absolute Gasteiger partial charge is 0.137 e. The minimum atomic E-state index is 0.737. The third kappa shape index (κ3) is 3.90. The van der Waals surface area contributed by atoms with Crippen LogP contribution >= 0.6 is 11.6 Å². The molecule has 4 heteroatoms. The van der Waals surface area contributed by atoms with E-state index in [1.165, 1.54) is 16.8 Å². The molecule has 0 aliphatic rings. The van der Waals surface area contributed by atoms with E-state index in [0.29, 0.717) is 0 Å². The van der Waals surface area contributed by atoms with Gasteiger partial charge in [0, 0.05) is 29.9 Å². The van der Waals surface area contributed by atoms with Crippen molar-refractivity contribution in [1.29, 1.82) is 0 Å². The normalized spacial score (nSPS) is 11.4. The number of rotatable bonds is 5. The lowest BCUT2D eigenvalue weighted by molar-refractivity contribution is 0.314. The molecule has 0 bridgehead atoms. The van der Waals surface area contributed by atoms with E-state index in [1.54, 1.807) is 0 Å². The number of aryl methyl sites for hydroxylation is 1. The summed E-state index contributed by atoms with van der Waals surface area (Å²) in [5, 5.41) is 0.737. The minimum Gasteiger partial charge on any atom is -0.302 e. The van der Waals surface area contributed by atoms with Crippen molar-refractivity contribution in [2.24, 2.45) is 0 Å². The largest absolute Gasteiger partial charge is 0.302 e. The van der Waals surface area contributed by atoms with Crippen LogP contribution in [0, 0.1) is 6.92 Å². The van der Waals surface area contributed by atoms with Crippen molar-refractivity contribution in [1.82, 2.24) is 14.3 Å². The topological polar surface area (TPSA) is 20.5 Å². The van der Waals surface area contributed by atoms with Gasteiger partial charge in [-0.05, 0) is 43.3 Å². The predicted octanol–water partition coefficient (Wildman–Crippen LogP) is 5.60. The molecule has 27 heavy (non-hydrogen) atoms. The van der Waals surface area contributed by atoms with Crippen molar-refractivity contribution < 1.29 is 0 Å². The summed E-state index contributed by atoms with van der Waals surface area (Å²) in [7, 11) is 2.15. The van der Waals surface area contributed by atoms with Crippen LogP contribution in [0.1, 0.15) is 16.8 Å². The summed E-state index contributed by atoms with van der Waals surface area (Å²) in [6.07, 6.45) is 2.16. The van der Waals surface area contributed by atoms with E-state index in [-0.39, 0.29) is 0 Å². The maximum Gasteiger partial charge on any atom is 0.137 e. The van der Waals surface area contributed by atoms with Crippen molar-refractivity contribution in [3.8, 4) is 11.3 Å². The van der Waals surface area contributed by atoms with Gasteiger partial charge in [0.25, 0.3) is 0 Å². The lowest BCUT2D eigenvalue weighted by Crippen LogP contribution is -2.18. The molecule has 4 aromatic rings. The molecule has 0 fully saturated rings. The molecule has 0 radical (unpaired) electrons. The third-order valence-corrected chi connectivity index (χ3v) is 4.95. The lowest BCUT2D eigenvalue weighted by atomic mass is 10.1. The van der Waals surface area contributed by atoms with Crippen LogP contribution in [0.15, 0.2) is 72.9 Å². The van der Waals surface area contributed by atoms with Crippen LogP contribution in [0.25, 0.3) is 16.9 Å². The molecule has 2 aromatic carbocycles. The highest BCUT2D eigenvalue weighted by Crippen LogP contribution is 2.27. The molecule has 0 atom stereocenters. The van der Waals surface area contributed by atoms with E-state index in [0.717, 1.165) is 35.0 Å². The zero-order chi connectivity index (χ0) is 18.8. The number of hydrogen-bond donors (Lipinski definition) is 0. The summed E-state index contributed by atoms with van der Waals surface area (Å²) in [5.41, 5.74) is 6.77. The Morgan fingerprint density at radius 1 is 0.926 bits per heavy atom. The van der Waals surface area contributed by atoms with Crippen LogP contribution in [-0.2, 0) is 13.1 Å². The molecule has 0 aliphatic heterocycles. The van der Waals surface area contributed by atoms with Gasteiger partial charge < -0.3 is 4.40 Å². The van der Waals surface area contributed by atoms with E-state index in [2.05, 4.69) is 71.9 Å². The van der Waals surface area contributed by atoms with E-state index in [9.17, 15) is 0 Å². The summed E-state index contributed by atoms with van der Waals surface area (Å²) < 4.78 is 2.21. The molecule has 0 saturated heterocycles. The number of fused-ring (bicyclic) bond motifs is 1. The average molecular weight is 376 g/mol. The standard InChI is InChI=1S/C23H22ClN3/c1-17-8-13-22-25-23(19-9-11-20(24)12-10-19)21(27(22)14-17)16-26(2)15-18-6-4-3-5-7-18/h3-14H,15-16H2,1-2H3. The van der Waals surface area contributed by atoms with Crippen LogP contribution in [-0.4, -0.2) is 21.3 Å². The first-order valence-electron chi connectivity index (χ1n) is 9.06. The molecule has 0 unspecified atom stereocenters. The Hall–Kier alpha value is -2.62. The highest BCUT2D eigenvalue weighted by molar-refractivity contribution is 6.30. The van der Waals surface area contributed by atoms with Crippen LogP contribution in [0.3, 0.4) is 0 Å². The second kappa shape index (κ2) is 7.55. The average Bonchev–Trinajstić information content (AvgIpc) is 3.01. The third-order valence-electron chi connectivity index (χ3n) is 4.70. The number of aromatic nitrogens is 2. The summed E-state index contributed by atoms with van der Waals surface area (Å²) >= 11 is 6.08. The fourth-order valence-electron chi connectivity index (χ4n) is 3.40. The summed E-state index contributed by atoms with van der Waals surface area (Å²) in [5.74, 6) is 0. The highest BCUT2D eigenvalue weighted by atomic mass is 35.5. The van der Waals surface area contributed by atoms with Gasteiger partial charge in [0.2, 0.25) is 0 Å². The summed E-state index contributed by atoms with van der Waals surface area (Å²) in [4.78, 5) is 7.23. The van der Waals surface area contributed by atoms with Gasteiger partial charge in [-0.2, -0.15) is 0 Å². The number of pyridine rings is 1. The fraction of sp³-hybridized carbons (Fsp3) is 0.174. The van der Waals surface area contributed by atoms with Crippen molar-refractivity contribution in [2.75, 3.05) is 7.05 Å². The van der Waals surface area contributed by atoms with Gasteiger partial charge in [-0.25, -0.2) is 4.98 Å². The fourth-order valence-corrected chi connectivity index (χ4v) is 3.52. The van der Waals surface area contributed by atoms with Gasteiger partial charge in [-0.1, -0.05) is 60.1 Å². The van der Waals surface area contributed by atoms with Gasteiger partial charge >= 0.3 is 0 Å². The lowest BCUT2D eigenvalue weighted by Gasteiger charge is -2.18. The molecule has 136 valence electrons. The Kier molecular flexibility index (Phi) is 4.97. The minimum absolute atomic E-state index is 0.737. The highest BCUT2D eigenvalue weighted by Gasteiger charge is 2.16. The predicted molar refractivity (Wildman–Crippen MR) is 112 cm³/mol. The SMILES string of the molecule is Cc1ccc2nc(-c3ccc(Cl)cc3)c(CN(C)Cc3ccccc3)n2c1. The number of halogens is 1.